The SMILES string of the molecule is CC(C)OC(=O)C(C)NP(=O)(OCC1OC(N2NC(O)C(=O)NC2=O)C(C)(O)C1O)Oc1ccccc1. The van der Waals surface area contributed by atoms with Crippen molar-refractivity contribution in [2.24, 2.45) is 0 Å². The molecule has 3 rings (SSSR count). The molecule has 7 unspecified atom stereocenters. The summed E-state index contributed by atoms with van der Waals surface area (Å²) < 4.78 is 35.3. The van der Waals surface area contributed by atoms with E-state index in [1.807, 2.05) is 5.32 Å². The Balaban J connectivity index is 1.75. The number of rotatable bonds is 10. The second kappa shape index (κ2) is 11.4. The molecule has 2 heterocycles. The van der Waals surface area contributed by atoms with Gasteiger partial charge in [-0.25, -0.2) is 14.4 Å². The lowest BCUT2D eigenvalue weighted by molar-refractivity contribution is -0.163. The van der Waals surface area contributed by atoms with Crippen LogP contribution in [0.3, 0.4) is 0 Å². The molecule has 6 N–H and O–H groups in total. The molecule has 2 fully saturated rings. The van der Waals surface area contributed by atoms with Crippen molar-refractivity contribution in [1.29, 1.82) is 0 Å². The van der Waals surface area contributed by atoms with Crippen LogP contribution in [0.2, 0.25) is 0 Å². The summed E-state index contributed by atoms with van der Waals surface area (Å²) in [5.74, 6) is -1.59. The van der Waals surface area contributed by atoms with Crippen LogP contribution in [-0.2, 0) is 28.2 Å². The lowest BCUT2D eigenvalue weighted by Gasteiger charge is -2.38. The van der Waals surface area contributed by atoms with Crippen LogP contribution in [0.4, 0.5) is 4.79 Å². The lowest BCUT2D eigenvalue weighted by Crippen LogP contribution is -2.70. The minimum atomic E-state index is -4.31. The van der Waals surface area contributed by atoms with Crippen LogP contribution >= 0.6 is 7.75 Å². The number of imide groups is 1. The first-order valence-electron chi connectivity index (χ1n) is 11.3. The number of nitrogens with zero attached hydrogens (tertiary/aromatic N) is 1. The van der Waals surface area contributed by atoms with Gasteiger partial charge in [0.1, 0.15) is 29.6 Å². The van der Waals surface area contributed by atoms with E-state index >= 15 is 0 Å². The monoisotopic (exact) mass is 546 g/mol. The van der Waals surface area contributed by atoms with Gasteiger partial charge in [0.15, 0.2) is 6.23 Å². The van der Waals surface area contributed by atoms with Gasteiger partial charge >= 0.3 is 19.7 Å². The summed E-state index contributed by atoms with van der Waals surface area (Å²) in [6, 6.07) is 5.78. The van der Waals surface area contributed by atoms with Crippen molar-refractivity contribution in [1.82, 2.24) is 20.8 Å². The van der Waals surface area contributed by atoms with Crippen LogP contribution in [0.1, 0.15) is 27.7 Å². The van der Waals surface area contributed by atoms with E-state index < -0.39 is 74.7 Å². The Labute approximate surface area is 212 Å². The lowest BCUT2D eigenvalue weighted by atomic mass is 9.96. The molecule has 2 aliphatic rings. The van der Waals surface area contributed by atoms with Gasteiger partial charge in [-0.3, -0.25) is 19.4 Å². The van der Waals surface area contributed by atoms with Crippen LogP contribution in [0.25, 0.3) is 0 Å². The van der Waals surface area contributed by atoms with E-state index in [2.05, 4.69) is 10.5 Å². The van der Waals surface area contributed by atoms with E-state index in [-0.39, 0.29) is 5.75 Å². The number of esters is 1. The number of hydrazine groups is 1. The molecule has 37 heavy (non-hydrogen) atoms. The fourth-order valence-corrected chi connectivity index (χ4v) is 5.02. The fraction of sp³-hybridized carbons (Fsp3) is 0.571. The topological polar surface area (TPSA) is 205 Å². The molecule has 7 atom stereocenters. The zero-order chi connectivity index (χ0) is 27.5. The Kier molecular flexibility index (Phi) is 8.93. The van der Waals surface area contributed by atoms with Gasteiger partial charge in [0.2, 0.25) is 6.23 Å². The molecule has 0 aliphatic carbocycles. The summed E-state index contributed by atoms with van der Waals surface area (Å²) in [7, 11) is -4.31. The molecule has 0 spiro atoms. The summed E-state index contributed by atoms with van der Waals surface area (Å²) in [6.45, 7) is 5.21. The molecular weight excluding hydrogens is 515 g/mol. The number of benzene rings is 1. The summed E-state index contributed by atoms with van der Waals surface area (Å²) in [5.41, 5.74) is 0.0403. The Hall–Kier alpha value is -2.62. The average molecular weight is 546 g/mol. The van der Waals surface area contributed by atoms with Gasteiger partial charge in [-0.05, 0) is 39.8 Å². The first-order valence-corrected chi connectivity index (χ1v) is 12.9. The van der Waals surface area contributed by atoms with E-state index in [1.54, 1.807) is 32.0 Å². The molecule has 2 aliphatic heterocycles. The number of aliphatic hydroxyl groups is 3. The fourth-order valence-electron chi connectivity index (χ4n) is 3.52. The standard InChI is InChI=1S/C21H31N4O11P/c1-11(2)34-18(29)12(3)24-37(32,36-13-8-6-5-7-9-13)33-10-14-15(26)21(4,31)19(35-14)25-20(30)22-16(27)17(28)23-25/h5-9,11-12,14-15,17,19,23,26,28,31H,10H2,1-4H3,(H,24,32)(H,22,27,30). The number of aliphatic hydroxyl groups excluding tert-OH is 2. The number of hydrogen-bond donors (Lipinski definition) is 6. The third-order valence-corrected chi connectivity index (χ3v) is 7.03. The highest BCUT2D eigenvalue weighted by Gasteiger charge is 2.57. The Morgan fingerprint density at radius 2 is 1.89 bits per heavy atom. The van der Waals surface area contributed by atoms with E-state index in [0.29, 0.717) is 5.01 Å². The Morgan fingerprint density at radius 1 is 1.24 bits per heavy atom. The zero-order valence-electron chi connectivity index (χ0n) is 20.6. The molecule has 15 nitrogen and oxygen atoms in total. The molecular formula is C21H31N4O11P. The zero-order valence-corrected chi connectivity index (χ0v) is 21.5. The van der Waals surface area contributed by atoms with Crippen molar-refractivity contribution in [3.8, 4) is 5.75 Å². The smallest absolute Gasteiger partial charge is 0.459 e. The maximum atomic E-state index is 13.6. The number of urea groups is 1. The average Bonchev–Trinajstić information content (AvgIpc) is 3.03. The molecule has 0 bridgehead atoms. The van der Waals surface area contributed by atoms with Crippen molar-refractivity contribution >= 4 is 25.7 Å². The number of carbonyl (C=O) groups is 3. The molecule has 0 saturated carbocycles. The van der Waals surface area contributed by atoms with Crippen molar-refractivity contribution in [3.05, 3.63) is 30.3 Å². The Morgan fingerprint density at radius 3 is 2.51 bits per heavy atom. The summed E-state index contributed by atoms with van der Waals surface area (Å²) in [6.07, 6.45) is -6.89. The molecule has 2 saturated heterocycles. The molecule has 0 aromatic heterocycles. The predicted octanol–water partition coefficient (Wildman–Crippen LogP) is -0.669. The van der Waals surface area contributed by atoms with E-state index in [1.165, 1.54) is 19.1 Å². The van der Waals surface area contributed by atoms with Gasteiger partial charge in [-0.15, -0.1) is 0 Å². The molecule has 0 radical (unpaired) electrons. The van der Waals surface area contributed by atoms with Gasteiger partial charge in [0, 0.05) is 0 Å². The highest BCUT2D eigenvalue weighted by atomic mass is 31.2. The number of ether oxygens (including phenoxy) is 2. The third-order valence-electron chi connectivity index (χ3n) is 5.38. The molecule has 206 valence electrons. The first-order chi connectivity index (χ1) is 17.2. The summed E-state index contributed by atoms with van der Waals surface area (Å²) in [5, 5.41) is 36.2. The third kappa shape index (κ3) is 6.83. The van der Waals surface area contributed by atoms with Crippen LogP contribution in [0.5, 0.6) is 5.75 Å². The van der Waals surface area contributed by atoms with Crippen LogP contribution in [0.15, 0.2) is 30.3 Å². The van der Waals surface area contributed by atoms with E-state index in [9.17, 15) is 34.3 Å². The van der Waals surface area contributed by atoms with E-state index in [0.717, 1.165) is 6.92 Å². The van der Waals surface area contributed by atoms with Gasteiger partial charge < -0.3 is 29.3 Å². The maximum Gasteiger partial charge on any atom is 0.459 e. The number of carbonyl (C=O) groups excluding carboxylic acids is 3. The Bertz CT molecular complexity index is 1040. The van der Waals surface area contributed by atoms with Gasteiger partial charge in [-0.2, -0.15) is 10.5 Å². The van der Waals surface area contributed by atoms with Crippen molar-refractivity contribution < 1.29 is 52.8 Å². The molecule has 1 aromatic carbocycles. The minimum Gasteiger partial charge on any atom is -0.462 e. The first kappa shape index (κ1) is 28.9. The quantitative estimate of drug-likeness (QED) is 0.159. The van der Waals surface area contributed by atoms with Gasteiger partial charge in [-0.1, -0.05) is 18.2 Å². The van der Waals surface area contributed by atoms with Crippen LogP contribution < -0.4 is 20.4 Å². The normalized spacial score (nSPS) is 30.5. The number of para-hydroxylation sites is 1. The van der Waals surface area contributed by atoms with Gasteiger partial charge in [0.05, 0.1) is 12.7 Å². The predicted molar refractivity (Wildman–Crippen MR) is 124 cm³/mol. The van der Waals surface area contributed by atoms with Crippen molar-refractivity contribution in [3.63, 3.8) is 0 Å². The van der Waals surface area contributed by atoms with Gasteiger partial charge in [0.25, 0.3) is 5.91 Å². The van der Waals surface area contributed by atoms with Crippen LogP contribution in [0, 0.1) is 0 Å². The van der Waals surface area contributed by atoms with Crippen molar-refractivity contribution in [2.45, 2.75) is 70.1 Å². The summed E-state index contributed by atoms with van der Waals surface area (Å²) in [4.78, 5) is 36.0. The minimum absolute atomic E-state index is 0.147. The number of nitrogens with one attached hydrogen (secondary N) is 3. The molecule has 1 aromatic rings. The molecule has 16 heteroatoms. The summed E-state index contributed by atoms with van der Waals surface area (Å²) >= 11 is 0. The highest BCUT2D eigenvalue weighted by molar-refractivity contribution is 7.52. The number of hydrogen-bond acceptors (Lipinski definition) is 12. The highest BCUT2D eigenvalue weighted by Crippen LogP contribution is 2.46. The molecule has 3 amide bonds. The van der Waals surface area contributed by atoms with E-state index in [4.69, 9.17) is 18.5 Å². The van der Waals surface area contributed by atoms with Crippen molar-refractivity contribution in [2.75, 3.05) is 6.61 Å². The largest absolute Gasteiger partial charge is 0.462 e. The van der Waals surface area contributed by atoms with Crippen LogP contribution in [-0.4, -0.2) is 87.3 Å². The number of amides is 3. The second-order valence-corrected chi connectivity index (χ2v) is 10.6. The second-order valence-electron chi connectivity index (χ2n) is 8.93. The maximum absolute atomic E-state index is 13.6.